The van der Waals surface area contributed by atoms with Crippen molar-refractivity contribution in [3.63, 3.8) is 0 Å². The topological polar surface area (TPSA) is 372 Å². The van der Waals surface area contributed by atoms with Gasteiger partial charge in [0.2, 0.25) is 59.1 Å². The lowest BCUT2D eigenvalue weighted by molar-refractivity contribution is -0.141. The van der Waals surface area contributed by atoms with Crippen LogP contribution in [0.2, 0.25) is 0 Å². The van der Waals surface area contributed by atoms with Crippen molar-refractivity contribution in [1.82, 2.24) is 52.8 Å². The maximum Gasteiger partial charge on any atom is 0.322 e. The Kier molecular flexibility index (Phi) is 83.4. The zero-order valence-electron chi connectivity index (χ0n) is 52.3. The van der Waals surface area contributed by atoms with E-state index in [9.17, 15) is 52.7 Å². The standard InChI is InChI=1S/C30H47N11O12.C4H11N.2C3H8.7C2H6/c1-16(27(50)37-14-25(47)41-9-3-5-19(41)30(53)38-15-26(48)49)39-23(45)12-34-21(43)10-33-22(44)11-35-29(52)18(6-7-20(31)42)40-24(46)13-36-28(51)17-4-2-8-32-17;1-2-3-4-5;2*1-3-2;7*1-2/h16-19,32H,2-15H2,1H3,(H2,31,42)(H,33,44)(H,34,43)(H,35,52)(H,36,51)(H,37,50)(H,38,53)(H,39,45)(H,40,46)(H,48,49);2-5H2,1H3;2*3H2,1-2H3;7*1-2H3. The Morgan fingerprint density at radius 2 is 1.00 bits per heavy atom. The minimum absolute atomic E-state index is 0.188. The highest BCUT2D eigenvalue weighted by Gasteiger charge is 2.34. The Balaban J connectivity index is -0.000000233. The molecule has 2 aliphatic heterocycles. The molecule has 0 aromatic rings. The van der Waals surface area contributed by atoms with E-state index in [1.54, 1.807) is 0 Å². The number of carbonyl (C=O) groups is 11. The van der Waals surface area contributed by atoms with Gasteiger partial charge in [0.05, 0.1) is 38.8 Å². The second-order valence-electron chi connectivity index (χ2n) is 14.7. The van der Waals surface area contributed by atoms with Gasteiger partial charge in [-0.15, -0.1) is 0 Å². The van der Waals surface area contributed by atoms with Gasteiger partial charge in [0.1, 0.15) is 24.7 Å². The molecule has 0 aromatic heterocycles. The number of likely N-dealkylation sites (tertiary alicyclic amines) is 1. The summed E-state index contributed by atoms with van der Waals surface area (Å²) in [6.07, 6.45) is 6.70. The molecule has 78 heavy (non-hydrogen) atoms. The number of rotatable bonds is 23. The largest absolute Gasteiger partial charge is 0.480 e. The monoisotopic (exact) mass is 1120 g/mol. The first-order chi connectivity index (χ1) is 37.3. The van der Waals surface area contributed by atoms with Crippen LogP contribution in [0.3, 0.4) is 0 Å². The molecule has 10 amide bonds. The van der Waals surface area contributed by atoms with Crippen molar-refractivity contribution < 1.29 is 57.8 Å². The molecule has 4 atom stereocenters. The van der Waals surface area contributed by atoms with E-state index < -0.39 is 123 Å². The lowest BCUT2D eigenvalue weighted by atomic mass is 10.1. The number of aliphatic carboxylic acids is 1. The van der Waals surface area contributed by atoms with Crippen LogP contribution in [0.4, 0.5) is 0 Å². The van der Waals surface area contributed by atoms with Crippen LogP contribution in [-0.4, -0.2) is 158 Å². The molecule has 0 aliphatic carbocycles. The van der Waals surface area contributed by atoms with Crippen molar-refractivity contribution in [3.8, 4) is 0 Å². The van der Waals surface area contributed by atoms with E-state index in [1.807, 2.05) is 96.9 Å². The Labute approximate surface area is 471 Å². The van der Waals surface area contributed by atoms with Crippen molar-refractivity contribution in [3.05, 3.63) is 0 Å². The number of nitrogens with zero attached hydrogens (tertiary/aromatic N) is 1. The van der Waals surface area contributed by atoms with Gasteiger partial charge in [-0.2, -0.15) is 0 Å². The average molecular weight is 1130 g/mol. The first-order valence-electron chi connectivity index (χ1n) is 28.8. The smallest absolute Gasteiger partial charge is 0.322 e. The van der Waals surface area contributed by atoms with E-state index in [0.29, 0.717) is 25.8 Å². The average Bonchev–Trinajstić information content (AvgIpc) is 4.20. The van der Waals surface area contributed by atoms with Gasteiger partial charge in [-0.25, -0.2) is 0 Å². The van der Waals surface area contributed by atoms with Gasteiger partial charge in [0.15, 0.2) is 0 Å². The van der Waals surface area contributed by atoms with E-state index in [-0.39, 0.29) is 25.3 Å². The van der Waals surface area contributed by atoms with E-state index >= 15 is 0 Å². The molecule has 14 N–H and O–H groups in total. The van der Waals surface area contributed by atoms with Crippen LogP contribution in [0, 0.1) is 0 Å². The third-order valence-corrected chi connectivity index (χ3v) is 8.48. The van der Waals surface area contributed by atoms with Crippen molar-refractivity contribution in [2.45, 2.75) is 227 Å². The molecule has 2 aliphatic rings. The normalized spacial score (nSPS) is 13.3. The predicted octanol–water partition coefficient (Wildman–Crippen LogP) is 3.53. The zero-order chi connectivity index (χ0) is 63.0. The number of carbonyl (C=O) groups excluding carboxylic acids is 10. The Bertz CT molecular complexity index is 1510. The fourth-order valence-corrected chi connectivity index (χ4v) is 5.37. The number of hydrogen-bond acceptors (Lipinski definition) is 13. The van der Waals surface area contributed by atoms with E-state index in [0.717, 1.165) is 13.0 Å². The summed E-state index contributed by atoms with van der Waals surface area (Å²) in [4.78, 5) is 134. The third kappa shape index (κ3) is 57.8. The van der Waals surface area contributed by atoms with Gasteiger partial charge in [-0.1, -0.05) is 151 Å². The van der Waals surface area contributed by atoms with Gasteiger partial charge in [-0.05, 0) is 58.5 Å². The molecule has 24 nitrogen and oxygen atoms in total. The predicted molar refractivity (Wildman–Crippen MR) is 315 cm³/mol. The minimum Gasteiger partial charge on any atom is -0.480 e. The summed E-state index contributed by atoms with van der Waals surface area (Å²) in [5.74, 6) is -8.23. The fourth-order valence-electron chi connectivity index (χ4n) is 5.37. The molecule has 0 spiro atoms. The molecular weight excluding hydrogens is 1010 g/mol. The second kappa shape index (κ2) is 71.1. The Morgan fingerprint density at radius 3 is 1.42 bits per heavy atom. The molecule has 2 rings (SSSR count). The lowest BCUT2D eigenvalue weighted by Gasteiger charge is -2.24. The molecule has 24 heteroatoms. The van der Waals surface area contributed by atoms with Gasteiger partial charge >= 0.3 is 5.97 Å². The molecule has 2 fully saturated rings. The summed E-state index contributed by atoms with van der Waals surface area (Å²) < 4.78 is 0. The summed E-state index contributed by atoms with van der Waals surface area (Å²) in [6.45, 7) is 38.4. The number of unbranched alkanes of at least 4 members (excludes halogenated alkanes) is 1. The number of primary amides is 1. The van der Waals surface area contributed by atoms with Crippen LogP contribution in [-0.2, 0) is 52.7 Å². The minimum atomic E-state index is -1.27. The third-order valence-electron chi connectivity index (χ3n) is 8.48. The summed E-state index contributed by atoms with van der Waals surface area (Å²) in [5, 5.41) is 30.1. The Morgan fingerprint density at radius 1 is 0.564 bits per heavy atom. The highest BCUT2D eigenvalue weighted by Crippen LogP contribution is 2.17. The highest BCUT2D eigenvalue weighted by molar-refractivity contribution is 5.95. The van der Waals surface area contributed by atoms with Crippen LogP contribution in [0.1, 0.15) is 203 Å². The molecule has 2 heterocycles. The van der Waals surface area contributed by atoms with Gasteiger partial charge in [0.25, 0.3) is 0 Å². The van der Waals surface area contributed by atoms with Crippen LogP contribution < -0.4 is 59.3 Å². The molecule has 0 bridgehead atoms. The zero-order valence-corrected chi connectivity index (χ0v) is 52.3. The van der Waals surface area contributed by atoms with Gasteiger partial charge in [-0.3, -0.25) is 52.7 Å². The van der Waals surface area contributed by atoms with Crippen molar-refractivity contribution >= 4 is 65.0 Å². The van der Waals surface area contributed by atoms with Crippen LogP contribution in [0.25, 0.3) is 0 Å². The molecular formula is C54H116N12O12. The van der Waals surface area contributed by atoms with Gasteiger partial charge in [0, 0.05) is 13.0 Å². The number of nitrogens with two attached hydrogens (primary N) is 2. The van der Waals surface area contributed by atoms with Crippen LogP contribution in [0.5, 0.6) is 0 Å². The number of nitrogens with one attached hydrogen (secondary N) is 9. The molecule has 0 radical (unpaired) electrons. The van der Waals surface area contributed by atoms with E-state index in [4.69, 9.17) is 16.6 Å². The summed E-state index contributed by atoms with van der Waals surface area (Å²) in [7, 11) is 0. The second-order valence-corrected chi connectivity index (χ2v) is 14.7. The van der Waals surface area contributed by atoms with Crippen molar-refractivity contribution in [1.29, 1.82) is 0 Å². The molecule has 464 valence electrons. The summed E-state index contributed by atoms with van der Waals surface area (Å²) in [5.41, 5.74) is 10.3. The lowest BCUT2D eigenvalue weighted by Crippen LogP contribution is -2.53. The molecule has 2 saturated heterocycles. The number of carboxylic acids is 1. The van der Waals surface area contributed by atoms with E-state index in [2.05, 4.69) is 82.5 Å². The van der Waals surface area contributed by atoms with Crippen molar-refractivity contribution in [2.75, 3.05) is 58.9 Å². The first kappa shape index (κ1) is 91.5. The quantitative estimate of drug-likeness (QED) is 0.0697. The number of carboxylic acid groups (broad SMARTS) is 1. The number of amides is 10. The summed E-state index contributed by atoms with van der Waals surface area (Å²) >= 11 is 0. The molecule has 0 saturated carbocycles. The first-order valence-corrected chi connectivity index (χ1v) is 28.8. The maximum absolute atomic E-state index is 12.6. The van der Waals surface area contributed by atoms with Crippen LogP contribution in [0.15, 0.2) is 0 Å². The van der Waals surface area contributed by atoms with Gasteiger partial charge < -0.3 is 69.3 Å². The fraction of sp³-hybridized carbons (Fsp3) is 0.796. The molecule has 4 unspecified atom stereocenters. The van der Waals surface area contributed by atoms with Crippen LogP contribution >= 0.6 is 0 Å². The van der Waals surface area contributed by atoms with Crippen molar-refractivity contribution in [2.24, 2.45) is 11.5 Å². The number of hydrogen-bond donors (Lipinski definition) is 12. The highest BCUT2D eigenvalue weighted by atomic mass is 16.4. The van der Waals surface area contributed by atoms with E-state index in [1.165, 1.54) is 37.5 Å². The Hall–Kier alpha value is -5.91. The maximum atomic E-state index is 12.6. The summed E-state index contributed by atoms with van der Waals surface area (Å²) in [6, 6.07) is -3.69. The SMILES string of the molecule is CC.CC.CC.CC.CC.CC.CC.CC(NC(=O)CNC(=O)CNC(=O)CNC(=O)C(CCC(N)=O)NC(=O)CNC(=O)C1CCCN1)C(=O)NCC(=O)N1CCCC1C(=O)NCC(=O)O.CCC.CCC.CCCCN. The molecule has 0 aromatic carbocycles.